The van der Waals surface area contributed by atoms with Gasteiger partial charge in [0.05, 0.1) is 6.61 Å². The van der Waals surface area contributed by atoms with Gasteiger partial charge in [-0.05, 0) is 12.0 Å². The number of rotatable bonds is 6. The molecule has 0 aliphatic carbocycles. The molecule has 1 aliphatic heterocycles. The van der Waals surface area contributed by atoms with Crippen LogP contribution in [0.1, 0.15) is 11.8 Å². The maximum absolute atomic E-state index is 12.3. The average Bonchev–Trinajstić information content (AvgIpc) is 3.20. The van der Waals surface area contributed by atoms with Crippen molar-refractivity contribution in [3.63, 3.8) is 0 Å². The summed E-state index contributed by atoms with van der Waals surface area (Å²) in [6.07, 6.45) is -3.89. The van der Waals surface area contributed by atoms with Crippen molar-refractivity contribution in [3.8, 4) is 0 Å². The Bertz CT molecular complexity index is 1060. The van der Waals surface area contributed by atoms with Crippen molar-refractivity contribution in [2.24, 2.45) is 0 Å². The third-order valence-electron chi connectivity index (χ3n) is 4.77. The lowest BCUT2D eigenvalue weighted by atomic mass is 10.1. The third-order valence-corrected chi connectivity index (χ3v) is 5.73. The van der Waals surface area contributed by atoms with Crippen molar-refractivity contribution in [2.75, 3.05) is 18.1 Å². The van der Waals surface area contributed by atoms with E-state index >= 15 is 0 Å². The van der Waals surface area contributed by atoms with E-state index in [1.807, 2.05) is 30.3 Å². The van der Waals surface area contributed by atoms with E-state index in [4.69, 9.17) is 10.5 Å². The molecule has 11 heteroatoms. The SMILES string of the molecule is Nc1nc2c(nc(SCCc3ccccc3)n2[C@@H]2O[C@H](CO)[C@@H](O)[C@@H]2O)c(=O)[nH]1. The molecule has 0 spiro atoms. The highest BCUT2D eigenvalue weighted by Crippen LogP contribution is 2.35. The standard InChI is InChI=1S/C18H21N5O5S/c19-17-21-14-11(15(27)22-17)20-18(29-7-6-9-4-2-1-3-5-9)23(14)16-13(26)12(25)10(8-24)28-16/h1-5,10,12-13,16,24-26H,6-8H2,(H3,19,21,22,27)/t10-,12-,13+,16-/m1/s1. The topological polar surface area (TPSA) is 160 Å². The molecule has 0 bridgehead atoms. The number of anilines is 1. The molecule has 6 N–H and O–H groups in total. The lowest BCUT2D eigenvalue weighted by molar-refractivity contribution is -0.0548. The number of nitrogens with two attached hydrogens (primary N) is 1. The van der Waals surface area contributed by atoms with Gasteiger partial charge in [0, 0.05) is 5.75 Å². The molecule has 10 nitrogen and oxygen atoms in total. The maximum Gasteiger partial charge on any atom is 0.280 e. The van der Waals surface area contributed by atoms with Crippen LogP contribution in [0, 0.1) is 0 Å². The number of fused-ring (bicyclic) bond motifs is 1. The summed E-state index contributed by atoms with van der Waals surface area (Å²) < 4.78 is 7.10. The van der Waals surface area contributed by atoms with Crippen molar-refractivity contribution >= 4 is 28.9 Å². The number of nitrogens with one attached hydrogen (secondary N) is 1. The Morgan fingerprint density at radius 1 is 1.21 bits per heavy atom. The summed E-state index contributed by atoms with van der Waals surface area (Å²) >= 11 is 1.36. The molecular weight excluding hydrogens is 398 g/mol. The molecule has 1 aliphatic rings. The molecule has 3 heterocycles. The number of ether oxygens (including phenoxy) is 1. The molecular formula is C18H21N5O5S. The van der Waals surface area contributed by atoms with Crippen LogP contribution in [0.4, 0.5) is 5.95 Å². The van der Waals surface area contributed by atoms with E-state index in [9.17, 15) is 20.1 Å². The molecule has 1 fully saturated rings. The molecule has 0 radical (unpaired) electrons. The number of aromatic nitrogens is 4. The highest BCUT2D eigenvalue weighted by molar-refractivity contribution is 7.99. The Kier molecular flexibility index (Phi) is 5.56. The van der Waals surface area contributed by atoms with E-state index in [2.05, 4.69) is 15.0 Å². The summed E-state index contributed by atoms with van der Waals surface area (Å²) in [5, 5.41) is 30.4. The fraction of sp³-hybridized carbons (Fsp3) is 0.389. The van der Waals surface area contributed by atoms with E-state index in [1.165, 1.54) is 16.3 Å². The van der Waals surface area contributed by atoms with E-state index in [1.54, 1.807) is 0 Å². The molecule has 0 saturated carbocycles. The smallest absolute Gasteiger partial charge is 0.280 e. The molecule has 4 atom stereocenters. The van der Waals surface area contributed by atoms with Crippen LogP contribution in [-0.2, 0) is 11.2 Å². The quantitative estimate of drug-likeness (QED) is 0.336. The number of hydrogen-bond donors (Lipinski definition) is 5. The highest BCUT2D eigenvalue weighted by Gasteiger charge is 2.45. The summed E-state index contributed by atoms with van der Waals surface area (Å²) in [4.78, 5) is 23.2. The fourth-order valence-corrected chi connectivity index (χ4v) is 4.32. The Hall–Kier alpha value is -2.44. The number of benzene rings is 1. The largest absolute Gasteiger partial charge is 0.394 e. The van der Waals surface area contributed by atoms with Crippen LogP contribution in [-0.4, -0.2) is 65.5 Å². The minimum absolute atomic E-state index is 0.0548. The molecule has 2 aromatic heterocycles. The van der Waals surface area contributed by atoms with Gasteiger partial charge in [0.15, 0.2) is 22.5 Å². The van der Waals surface area contributed by atoms with Crippen molar-refractivity contribution < 1.29 is 20.1 Å². The number of nitrogens with zero attached hydrogens (tertiary/aromatic N) is 3. The molecule has 4 rings (SSSR count). The molecule has 1 saturated heterocycles. The maximum atomic E-state index is 12.3. The Balaban J connectivity index is 1.70. The van der Waals surface area contributed by atoms with Crippen LogP contribution in [0.5, 0.6) is 0 Å². The summed E-state index contributed by atoms with van der Waals surface area (Å²) in [6, 6.07) is 9.90. The number of hydrogen-bond acceptors (Lipinski definition) is 9. The molecule has 29 heavy (non-hydrogen) atoms. The predicted molar refractivity (Wildman–Crippen MR) is 106 cm³/mol. The molecule has 154 valence electrons. The number of aryl methyl sites for hydroxylation is 1. The van der Waals surface area contributed by atoms with Gasteiger partial charge in [-0.1, -0.05) is 42.1 Å². The van der Waals surface area contributed by atoms with Gasteiger partial charge < -0.3 is 25.8 Å². The molecule has 1 aromatic carbocycles. The van der Waals surface area contributed by atoms with Crippen molar-refractivity contribution in [3.05, 3.63) is 46.2 Å². The summed E-state index contributed by atoms with van der Waals surface area (Å²) in [6.45, 7) is -0.464. The summed E-state index contributed by atoms with van der Waals surface area (Å²) in [7, 11) is 0. The number of aromatic amines is 1. The van der Waals surface area contributed by atoms with E-state index < -0.39 is 36.7 Å². The fourth-order valence-electron chi connectivity index (χ4n) is 3.31. The molecule has 0 amide bonds. The van der Waals surface area contributed by atoms with Gasteiger partial charge in [0.2, 0.25) is 5.95 Å². The van der Waals surface area contributed by atoms with Gasteiger partial charge >= 0.3 is 0 Å². The van der Waals surface area contributed by atoms with Gasteiger partial charge in [-0.25, -0.2) is 4.98 Å². The number of aliphatic hydroxyl groups excluding tert-OH is 3. The van der Waals surface area contributed by atoms with Crippen molar-refractivity contribution in [1.82, 2.24) is 19.5 Å². The van der Waals surface area contributed by atoms with Crippen LogP contribution < -0.4 is 11.3 Å². The van der Waals surface area contributed by atoms with Gasteiger partial charge in [-0.15, -0.1) is 0 Å². The minimum atomic E-state index is -1.33. The second kappa shape index (κ2) is 8.13. The van der Waals surface area contributed by atoms with Gasteiger partial charge in [-0.3, -0.25) is 14.3 Å². The minimum Gasteiger partial charge on any atom is -0.394 e. The second-order valence-electron chi connectivity index (χ2n) is 6.70. The van der Waals surface area contributed by atoms with Gasteiger partial charge in [-0.2, -0.15) is 4.98 Å². The number of nitrogen functional groups attached to an aromatic ring is 1. The van der Waals surface area contributed by atoms with Crippen molar-refractivity contribution in [1.29, 1.82) is 0 Å². The number of H-pyrrole nitrogens is 1. The van der Waals surface area contributed by atoms with Crippen LogP contribution in [0.3, 0.4) is 0 Å². The lowest BCUT2D eigenvalue weighted by Gasteiger charge is -2.19. The zero-order valence-corrected chi connectivity index (χ0v) is 16.1. The number of aliphatic hydroxyl groups is 3. The Morgan fingerprint density at radius 3 is 2.66 bits per heavy atom. The number of thioether (sulfide) groups is 1. The van der Waals surface area contributed by atoms with E-state index in [0.29, 0.717) is 10.9 Å². The normalized spacial score (nSPS) is 24.4. The first-order valence-corrected chi connectivity index (χ1v) is 10.0. The second-order valence-corrected chi connectivity index (χ2v) is 7.76. The monoisotopic (exact) mass is 419 g/mol. The Morgan fingerprint density at radius 2 is 1.97 bits per heavy atom. The first-order chi connectivity index (χ1) is 14.0. The van der Waals surface area contributed by atoms with Crippen LogP contribution in [0.2, 0.25) is 0 Å². The van der Waals surface area contributed by atoms with Crippen LogP contribution in [0.15, 0.2) is 40.3 Å². The summed E-state index contributed by atoms with van der Waals surface area (Å²) in [5.74, 6) is 0.548. The third kappa shape index (κ3) is 3.74. The van der Waals surface area contributed by atoms with Gasteiger partial charge in [0.25, 0.3) is 5.56 Å². The number of imidazole rings is 1. The van der Waals surface area contributed by atoms with E-state index in [0.717, 1.165) is 12.0 Å². The van der Waals surface area contributed by atoms with Crippen LogP contribution >= 0.6 is 11.8 Å². The average molecular weight is 419 g/mol. The zero-order valence-electron chi connectivity index (χ0n) is 15.3. The molecule has 3 aromatic rings. The zero-order chi connectivity index (χ0) is 20.5. The van der Waals surface area contributed by atoms with Crippen LogP contribution in [0.25, 0.3) is 11.2 Å². The first kappa shape index (κ1) is 19.9. The highest BCUT2D eigenvalue weighted by atomic mass is 32.2. The molecule has 0 unspecified atom stereocenters. The van der Waals surface area contributed by atoms with Gasteiger partial charge in [0.1, 0.15) is 18.3 Å². The predicted octanol–water partition coefficient (Wildman–Crippen LogP) is -0.352. The first-order valence-electron chi connectivity index (χ1n) is 9.06. The van der Waals surface area contributed by atoms with E-state index in [-0.39, 0.29) is 17.1 Å². The Labute approximate surface area is 169 Å². The summed E-state index contributed by atoms with van der Waals surface area (Å²) in [5.41, 5.74) is 6.52. The van der Waals surface area contributed by atoms with Crippen molar-refractivity contribution in [2.45, 2.75) is 36.1 Å². The lowest BCUT2D eigenvalue weighted by Crippen LogP contribution is -2.33.